The van der Waals surface area contributed by atoms with Gasteiger partial charge in [-0.2, -0.15) is 4.31 Å². The summed E-state index contributed by atoms with van der Waals surface area (Å²) < 4.78 is 40.1. The van der Waals surface area contributed by atoms with Gasteiger partial charge in [-0.25, -0.2) is 12.8 Å². The van der Waals surface area contributed by atoms with Crippen molar-refractivity contribution in [3.63, 3.8) is 0 Å². The highest BCUT2D eigenvalue weighted by molar-refractivity contribution is 7.89. The van der Waals surface area contributed by atoms with Gasteiger partial charge in [-0.15, -0.1) is 0 Å². The number of hydrogen-bond acceptors (Lipinski definition) is 3. The van der Waals surface area contributed by atoms with Gasteiger partial charge in [-0.05, 0) is 48.4 Å². The molecule has 0 unspecified atom stereocenters. The Hall–Kier alpha value is -1.96. The summed E-state index contributed by atoms with van der Waals surface area (Å²) in [4.78, 5) is 12.1. The van der Waals surface area contributed by atoms with E-state index in [2.05, 4.69) is 5.32 Å². The molecule has 0 saturated carbocycles. The number of sulfonamides is 1. The third-order valence-corrected chi connectivity index (χ3v) is 5.67. The van der Waals surface area contributed by atoms with Crippen molar-refractivity contribution < 1.29 is 17.6 Å². The highest BCUT2D eigenvalue weighted by Crippen LogP contribution is 2.20. The zero-order valence-corrected chi connectivity index (χ0v) is 15.9. The Balaban J connectivity index is 2.30. The van der Waals surface area contributed by atoms with Crippen LogP contribution >= 0.6 is 11.6 Å². The number of amides is 1. The molecule has 2 aromatic rings. The molecule has 2 aromatic carbocycles. The third-order valence-electron chi connectivity index (χ3n) is 3.62. The molecule has 0 aromatic heterocycles. The average Bonchev–Trinajstić information content (AvgIpc) is 2.61. The van der Waals surface area contributed by atoms with Crippen LogP contribution < -0.4 is 5.32 Å². The number of carbonyl (C=O) groups excluding carboxylic acids is 1. The van der Waals surface area contributed by atoms with Gasteiger partial charge in [0.1, 0.15) is 5.82 Å². The quantitative estimate of drug-likeness (QED) is 0.742. The van der Waals surface area contributed by atoms with Crippen LogP contribution in [0, 0.1) is 5.82 Å². The third kappa shape index (κ3) is 5.52. The van der Waals surface area contributed by atoms with Gasteiger partial charge in [0.05, 0.1) is 11.4 Å². The van der Waals surface area contributed by atoms with E-state index in [0.29, 0.717) is 17.1 Å². The molecule has 0 atom stereocenters. The van der Waals surface area contributed by atoms with Gasteiger partial charge in [-0.3, -0.25) is 4.79 Å². The molecule has 1 N–H and O–H groups in total. The number of nitrogens with one attached hydrogen (secondary N) is 1. The van der Waals surface area contributed by atoms with Crippen molar-refractivity contribution in [2.45, 2.75) is 24.8 Å². The molecule has 8 heteroatoms. The number of nitrogens with zero attached hydrogens (tertiary/aromatic N) is 1. The summed E-state index contributed by atoms with van der Waals surface area (Å²) in [6, 6.07) is 11.2. The number of hydrogen-bond donors (Lipinski definition) is 1. The summed E-state index contributed by atoms with van der Waals surface area (Å²) in [5.41, 5.74) is 0.576. The van der Waals surface area contributed by atoms with Crippen molar-refractivity contribution in [1.82, 2.24) is 9.62 Å². The molecule has 5 nitrogen and oxygen atoms in total. The van der Waals surface area contributed by atoms with E-state index in [4.69, 9.17) is 11.6 Å². The second-order valence-corrected chi connectivity index (χ2v) is 8.08. The van der Waals surface area contributed by atoms with Crippen LogP contribution in [0.3, 0.4) is 0 Å². The van der Waals surface area contributed by atoms with Gasteiger partial charge in [0.15, 0.2) is 0 Å². The standard InChI is InChI=1S/C18H20ClFN2O3S/c1-2-11-21-18(23)13-22(12-14-3-7-16(20)8-4-14)26(24,25)17-9-5-15(19)6-10-17/h3-10H,2,11-13H2,1H3,(H,21,23). The fourth-order valence-corrected chi connectivity index (χ4v) is 3.77. The lowest BCUT2D eigenvalue weighted by Crippen LogP contribution is -2.40. The molecule has 0 radical (unpaired) electrons. The first kappa shape index (κ1) is 20.4. The van der Waals surface area contributed by atoms with Gasteiger partial charge >= 0.3 is 0 Å². The lowest BCUT2D eigenvalue weighted by atomic mass is 10.2. The minimum Gasteiger partial charge on any atom is -0.355 e. The van der Waals surface area contributed by atoms with E-state index in [-0.39, 0.29) is 18.0 Å². The second kappa shape index (κ2) is 9.12. The Labute approximate surface area is 157 Å². The highest BCUT2D eigenvalue weighted by Gasteiger charge is 2.26. The average molecular weight is 399 g/mol. The predicted octanol–water partition coefficient (Wildman–Crippen LogP) is 3.20. The molecular weight excluding hydrogens is 379 g/mol. The molecular formula is C18H20ClFN2O3S. The molecule has 0 saturated heterocycles. The Morgan fingerprint density at radius 3 is 2.31 bits per heavy atom. The zero-order chi connectivity index (χ0) is 19.2. The molecule has 0 bridgehead atoms. The maximum Gasteiger partial charge on any atom is 0.243 e. The van der Waals surface area contributed by atoms with Crippen LogP contribution in [0.5, 0.6) is 0 Å². The van der Waals surface area contributed by atoms with Gasteiger partial charge in [-0.1, -0.05) is 30.7 Å². The number of halogens is 2. The van der Waals surface area contributed by atoms with E-state index in [0.717, 1.165) is 10.7 Å². The first-order chi connectivity index (χ1) is 12.3. The van der Waals surface area contributed by atoms with E-state index >= 15 is 0 Å². The van der Waals surface area contributed by atoms with Crippen molar-refractivity contribution in [3.8, 4) is 0 Å². The van der Waals surface area contributed by atoms with E-state index in [1.54, 1.807) is 0 Å². The Kier molecular flexibility index (Phi) is 7.14. The van der Waals surface area contributed by atoms with Crippen molar-refractivity contribution in [3.05, 3.63) is 64.9 Å². The molecule has 2 rings (SSSR count). The summed E-state index contributed by atoms with van der Waals surface area (Å²) in [7, 11) is -3.93. The summed E-state index contributed by atoms with van der Waals surface area (Å²) in [5, 5.41) is 3.08. The van der Waals surface area contributed by atoms with Crippen molar-refractivity contribution >= 4 is 27.5 Å². The summed E-state index contributed by atoms with van der Waals surface area (Å²) >= 11 is 5.82. The molecule has 1 amide bonds. The van der Waals surface area contributed by atoms with Crippen LogP contribution in [0.25, 0.3) is 0 Å². The maximum absolute atomic E-state index is 13.1. The summed E-state index contributed by atoms with van der Waals surface area (Å²) in [6.45, 7) is 1.98. The summed E-state index contributed by atoms with van der Waals surface area (Å²) in [6.07, 6.45) is 0.744. The van der Waals surface area contributed by atoms with Gasteiger partial charge < -0.3 is 5.32 Å². The van der Waals surface area contributed by atoms with E-state index in [1.165, 1.54) is 48.5 Å². The fraction of sp³-hybridized carbons (Fsp3) is 0.278. The predicted molar refractivity (Wildman–Crippen MR) is 98.7 cm³/mol. The molecule has 140 valence electrons. The first-order valence-electron chi connectivity index (χ1n) is 8.10. The SMILES string of the molecule is CCCNC(=O)CN(Cc1ccc(F)cc1)S(=O)(=O)c1ccc(Cl)cc1. The Bertz CT molecular complexity index is 840. The molecule has 26 heavy (non-hydrogen) atoms. The Morgan fingerprint density at radius 1 is 1.12 bits per heavy atom. The van der Waals surface area contributed by atoms with Crippen LogP contribution in [-0.2, 0) is 21.4 Å². The van der Waals surface area contributed by atoms with Crippen LogP contribution in [0.4, 0.5) is 4.39 Å². The number of benzene rings is 2. The van der Waals surface area contributed by atoms with Crippen LogP contribution in [0.1, 0.15) is 18.9 Å². The topological polar surface area (TPSA) is 66.5 Å². The van der Waals surface area contributed by atoms with Gasteiger partial charge in [0.2, 0.25) is 15.9 Å². The zero-order valence-electron chi connectivity index (χ0n) is 14.3. The highest BCUT2D eigenvalue weighted by atomic mass is 35.5. The molecule has 0 spiro atoms. The minimum absolute atomic E-state index is 0.0345. The number of carbonyl (C=O) groups is 1. The molecule has 0 fully saturated rings. The van der Waals surface area contributed by atoms with E-state index in [9.17, 15) is 17.6 Å². The molecule has 0 aliphatic carbocycles. The van der Waals surface area contributed by atoms with Gasteiger partial charge in [0, 0.05) is 18.1 Å². The molecule has 0 heterocycles. The lowest BCUT2D eigenvalue weighted by Gasteiger charge is -2.22. The van der Waals surface area contributed by atoms with Crippen molar-refractivity contribution in [1.29, 1.82) is 0 Å². The lowest BCUT2D eigenvalue weighted by molar-refractivity contribution is -0.121. The molecule has 0 aliphatic heterocycles. The van der Waals surface area contributed by atoms with Crippen LogP contribution in [-0.4, -0.2) is 31.7 Å². The maximum atomic E-state index is 13.1. The first-order valence-corrected chi connectivity index (χ1v) is 9.91. The largest absolute Gasteiger partial charge is 0.355 e. The van der Waals surface area contributed by atoms with Crippen molar-refractivity contribution in [2.24, 2.45) is 0 Å². The number of rotatable bonds is 8. The summed E-state index contributed by atoms with van der Waals surface area (Å²) in [5.74, 6) is -0.812. The Morgan fingerprint density at radius 2 is 1.73 bits per heavy atom. The molecule has 0 aliphatic rings. The van der Waals surface area contributed by atoms with E-state index < -0.39 is 21.7 Å². The van der Waals surface area contributed by atoms with E-state index in [1.807, 2.05) is 6.92 Å². The fourth-order valence-electron chi connectivity index (χ4n) is 2.26. The van der Waals surface area contributed by atoms with Crippen LogP contribution in [0.15, 0.2) is 53.4 Å². The van der Waals surface area contributed by atoms with Crippen molar-refractivity contribution in [2.75, 3.05) is 13.1 Å². The minimum atomic E-state index is -3.93. The monoisotopic (exact) mass is 398 g/mol. The van der Waals surface area contributed by atoms with Crippen LogP contribution in [0.2, 0.25) is 5.02 Å². The van der Waals surface area contributed by atoms with Gasteiger partial charge in [0.25, 0.3) is 0 Å². The second-order valence-electron chi connectivity index (χ2n) is 5.70. The smallest absolute Gasteiger partial charge is 0.243 e. The normalized spacial score (nSPS) is 11.5.